The summed E-state index contributed by atoms with van der Waals surface area (Å²) in [5.74, 6) is 0.577. The largest absolute Gasteiger partial charge is 0.313 e. The molecule has 0 spiro atoms. The molecule has 18 heavy (non-hydrogen) atoms. The van der Waals surface area contributed by atoms with E-state index < -0.39 is 0 Å². The summed E-state index contributed by atoms with van der Waals surface area (Å²) in [4.78, 5) is 4.35. The Morgan fingerprint density at radius 1 is 1.28 bits per heavy atom. The first kappa shape index (κ1) is 13.5. The minimum atomic E-state index is 0.577. The monoisotopic (exact) mass is 246 g/mol. The Balaban J connectivity index is 1.90. The van der Waals surface area contributed by atoms with E-state index in [0.29, 0.717) is 5.92 Å². The average molecular weight is 246 g/mol. The maximum absolute atomic E-state index is 4.35. The first-order chi connectivity index (χ1) is 8.68. The van der Waals surface area contributed by atoms with Gasteiger partial charge in [-0.15, -0.1) is 0 Å². The molecule has 1 saturated carbocycles. The highest BCUT2D eigenvalue weighted by atomic mass is 14.9. The van der Waals surface area contributed by atoms with Crippen LogP contribution in [0, 0.1) is 13.8 Å². The van der Waals surface area contributed by atoms with Crippen LogP contribution in [0.5, 0.6) is 0 Å². The lowest BCUT2D eigenvalue weighted by atomic mass is 9.93. The SMILES string of the molecule is Cc1nccc(C(C)CNC2CCCCC2)c1C. The van der Waals surface area contributed by atoms with Crippen molar-refractivity contribution in [3.63, 3.8) is 0 Å². The number of hydrogen-bond acceptors (Lipinski definition) is 2. The maximum atomic E-state index is 4.35. The molecule has 1 unspecified atom stereocenters. The molecule has 0 saturated heterocycles. The lowest BCUT2D eigenvalue weighted by Crippen LogP contribution is -2.33. The van der Waals surface area contributed by atoms with Crippen LogP contribution in [0.15, 0.2) is 12.3 Å². The Labute approximate surface area is 111 Å². The molecular formula is C16H26N2. The first-order valence-electron chi connectivity index (χ1n) is 7.34. The van der Waals surface area contributed by atoms with Gasteiger partial charge in [-0.1, -0.05) is 26.2 Å². The number of aryl methyl sites for hydroxylation is 1. The molecule has 0 amide bonds. The molecule has 100 valence electrons. The van der Waals surface area contributed by atoms with Crippen molar-refractivity contribution < 1.29 is 0 Å². The van der Waals surface area contributed by atoms with Gasteiger partial charge in [0, 0.05) is 24.5 Å². The topological polar surface area (TPSA) is 24.9 Å². The Bertz CT molecular complexity index is 381. The Morgan fingerprint density at radius 3 is 2.72 bits per heavy atom. The van der Waals surface area contributed by atoms with Crippen LogP contribution in [0.2, 0.25) is 0 Å². The lowest BCUT2D eigenvalue weighted by Gasteiger charge is -2.25. The third-order valence-corrected chi connectivity index (χ3v) is 4.35. The van der Waals surface area contributed by atoms with Gasteiger partial charge in [0.15, 0.2) is 0 Å². The van der Waals surface area contributed by atoms with Crippen LogP contribution in [0.25, 0.3) is 0 Å². The maximum Gasteiger partial charge on any atom is 0.0404 e. The molecule has 1 aromatic rings. The van der Waals surface area contributed by atoms with Crippen LogP contribution in [0.1, 0.15) is 61.8 Å². The second kappa shape index (κ2) is 6.33. The predicted molar refractivity (Wildman–Crippen MR) is 77.0 cm³/mol. The molecule has 2 nitrogen and oxygen atoms in total. The molecule has 0 aromatic carbocycles. The summed E-state index contributed by atoms with van der Waals surface area (Å²) in [6.07, 6.45) is 8.90. The van der Waals surface area contributed by atoms with Gasteiger partial charge in [0.1, 0.15) is 0 Å². The normalized spacial score (nSPS) is 18.8. The predicted octanol–water partition coefficient (Wildman–Crippen LogP) is 3.72. The Hall–Kier alpha value is -0.890. The van der Waals surface area contributed by atoms with E-state index in [0.717, 1.165) is 18.3 Å². The minimum absolute atomic E-state index is 0.577. The summed E-state index contributed by atoms with van der Waals surface area (Å²) >= 11 is 0. The molecule has 0 aliphatic heterocycles. The van der Waals surface area contributed by atoms with Gasteiger partial charge >= 0.3 is 0 Å². The van der Waals surface area contributed by atoms with Crippen LogP contribution < -0.4 is 5.32 Å². The molecule has 1 N–H and O–H groups in total. The summed E-state index contributed by atoms with van der Waals surface area (Å²) in [7, 11) is 0. The molecule has 2 heteroatoms. The zero-order chi connectivity index (χ0) is 13.0. The number of nitrogens with zero attached hydrogens (tertiary/aromatic N) is 1. The molecular weight excluding hydrogens is 220 g/mol. The van der Waals surface area contributed by atoms with Crippen molar-refractivity contribution >= 4 is 0 Å². The highest BCUT2D eigenvalue weighted by Gasteiger charge is 2.15. The summed E-state index contributed by atoms with van der Waals surface area (Å²) in [5, 5.41) is 3.75. The standard InChI is InChI=1S/C16H26N2/c1-12(11-18-15-7-5-4-6-8-15)16-9-10-17-14(3)13(16)2/h9-10,12,15,18H,4-8,11H2,1-3H3. The van der Waals surface area contributed by atoms with Crippen molar-refractivity contribution in [3.8, 4) is 0 Å². The first-order valence-corrected chi connectivity index (χ1v) is 7.34. The summed E-state index contributed by atoms with van der Waals surface area (Å²) in [6.45, 7) is 7.70. The quantitative estimate of drug-likeness (QED) is 0.875. The number of nitrogens with one attached hydrogen (secondary N) is 1. The van der Waals surface area contributed by atoms with E-state index in [9.17, 15) is 0 Å². The molecule has 1 aliphatic carbocycles. The fourth-order valence-electron chi connectivity index (χ4n) is 2.95. The number of pyridine rings is 1. The van der Waals surface area contributed by atoms with Crippen molar-refractivity contribution in [2.24, 2.45) is 0 Å². The zero-order valence-corrected chi connectivity index (χ0v) is 12.0. The van der Waals surface area contributed by atoms with Crippen molar-refractivity contribution in [2.45, 2.75) is 64.8 Å². The molecule has 1 aliphatic rings. The molecule has 1 heterocycles. The Morgan fingerprint density at radius 2 is 2.00 bits per heavy atom. The van der Waals surface area contributed by atoms with Gasteiger partial charge in [0.2, 0.25) is 0 Å². The highest BCUT2D eigenvalue weighted by Crippen LogP contribution is 2.22. The van der Waals surface area contributed by atoms with Gasteiger partial charge in [-0.05, 0) is 49.8 Å². The second-order valence-electron chi connectivity index (χ2n) is 5.75. The molecule has 2 rings (SSSR count). The number of hydrogen-bond donors (Lipinski definition) is 1. The minimum Gasteiger partial charge on any atom is -0.313 e. The fraction of sp³-hybridized carbons (Fsp3) is 0.688. The third kappa shape index (κ3) is 3.32. The van der Waals surface area contributed by atoms with Gasteiger partial charge < -0.3 is 5.32 Å². The lowest BCUT2D eigenvalue weighted by molar-refractivity contribution is 0.367. The van der Waals surface area contributed by atoms with Crippen molar-refractivity contribution in [3.05, 3.63) is 29.1 Å². The van der Waals surface area contributed by atoms with Gasteiger partial charge in [-0.3, -0.25) is 4.98 Å². The van der Waals surface area contributed by atoms with Crippen molar-refractivity contribution in [1.82, 2.24) is 10.3 Å². The van der Waals surface area contributed by atoms with Gasteiger partial charge in [-0.25, -0.2) is 0 Å². The van der Waals surface area contributed by atoms with E-state index in [2.05, 4.69) is 37.1 Å². The van der Waals surface area contributed by atoms with E-state index >= 15 is 0 Å². The second-order valence-corrected chi connectivity index (χ2v) is 5.75. The van der Waals surface area contributed by atoms with E-state index in [1.54, 1.807) is 0 Å². The van der Waals surface area contributed by atoms with Gasteiger partial charge in [0.05, 0.1) is 0 Å². The molecule has 1 aromatic heterocycles. The van der Waals surface area contributed by atoms with Crippen LogP contribution in [0.4, 0.5) is 0 Å². The number of aromatic nitrogens is 1. The van der Waals surface area contributed by atoms with Gasteiger partial charge in [0.25, 0.3) is 0 Å². The van der Waals surface area contributed by atoms with E-state index in [4.69, 9.17) is 0 Å². The number of rotatable bonds is 4. The molecule has 1 fully saturated rings. The molecule has 0 radical (unpaired) electrons. The fourth-order valence-corrected chi connectivity index (χ4v) is 2.95. The third-order valence-electron chi connectivity index (χ3n) is 4.35. The van der Waals surface area contributed by atoms with E-state index in [-0.39, 0.29) is 0 Å². The van der Waals surface area contributed by atoms with Crippen LogP contribution in [0.3, 0.4) is 0 Å². The highest BCUT2D eigenvalue weighted by molar-refractivity contribution is 5.30. The van der Waals surface area contributed by atoms with Gasteiger partial charge in [-0.2, -0.15) is 0 Å². The van der Waals surface area contributed by atoms with Crippen LogP contribution in [-0.2, 0) is 0 Å². The molecule has 1 atom stereocenters. The van der Waals surface area contributed by atoms with Crippen molar-refractivity contribution in [1.29, 1.82) is 0 Å². The summed E-state index contributed by atoms with van der Waals surface area (Å²) in [5.41, 5.74) is 3.97. The average Bonchev–Trinajstić information content (AvgIpc) is 2.40. The molecule has 0 bridgehead atoms. The van der Waals surface area contributed by atoms with Crippen LogP contribution >= 0.6 is 0 Å². The summed E-state index contributed by atoms with van der Waals surface area (Å²) < 4.78 is 0. The zero-order valence-electron chi connectivity index (χ0n) is 12.0. The van der Waals surface area contributed by atoms with E-state index in [1.807, 2.05) is 6.20 Å². The Kier molecular flexibility index (Phi) is 4.76. The smallest absolute Gasteiger partial charge is 0.0404 e. The van der Waals surface area contributed by atoms with Crippen molar-refractivity contribution in [2.75, 3.05) is 6.54 Å². The van der Waals surface area contributed by atoms with Crippen LogP contribution in [-0.4, -0.2) is 17.6 Å². The summed E-state index contributed by atoms with van der Waals surface area (Å²) in [6, 6.07) is 2.93. The van der Waals surface area contributed by atoms with E-state index in [1.165, 1.54) is 43.2 Å².